The van der Waals surface area contributed by atoms with E-state index in [-0.39, 0.29) is 0 Å². The Morgan fingerprint density at radius 3 is 1.07 bits per heavy atom. The van der Waals surface area contributed by atoms with Gasteiger partial charge in [-0.2, -0.15) is 0 Å². The molecule has 0 saturated carbocycles. The first-order chi connectivity index (χ1) is 27.3. The van der Waals surface area contributed by atoms with Crippen LogP contribution in [0.15, 0.2) is 203 Å². The van der Waals surface area contributed by atoms with E-state index in [0.717, 1.165) is 77.8 Å². The summed E-state index contributed by atoms with van der Waals surface area (Å²) in [5.74, 6) is 0. The molecule has 0 N–H and O–H groups in total. The third-order valence-corrected chi connectivity index (χ3v) is 11.6. The summed E-state index contributed by atoms with van der Waals surface area (Å²) in [6.07, 6.45) is 0. The van der Waals surface area contributed by atoms with E-state index >= 15 is 0 Å². The van der Waals surface area contributed by atoms with Crippen molar-refractivity contribution in [2.75, 3.05) is 9.80 Å². The van der Waals surface area contributed by atoms with E-state index in [1.807, 2.05) is 24.3 Å². The Bertz CT molecular complexity index is 3070. The lowest BCUT2D eigenvalue weighted by molar-refractivity contribution is 0.560. The second kappa shape index (κ2) is 11.3. The van der Waals surface area contributed by atoms with E-state index in [2.05, 4.69) is 180 Å². The highest BCUT2D eigenvalue weighted by atomic mass is 16.3. The quantitative estimate of drug-likeness (QED) is 0.171. The Kier molecular flexibility index (Phi) is 6.23. The first-order valence-electron chi connectivity index (χ1n) is 18.8. The third kappa shape index (κ3) is 4.11. The summed E-state index contributed by atoms with van der Waals surface area (Å²) in [7, 11) is 0. The summed E-state index contributed by atoms with van der Waals surface area (Å²) >= 11 is 0. The van der Waals surface area contributed by atoms with E-state index < -0.39 is 5.66 Å². The number of furan rings is 2. The summed E-state index contributed by atoms with van der Waals surface area (Å²) in [4.78, 5) is 5.13. The second-order valence-electron chi connectivity index (χ2n) is 14.4. The number of rotatable bonds is 4. The summed E-state index contributed by atoms with van der Waals surface area (Å²) in [6, 6.07) is 69.6. The van der Waals surface area contributed by atoms with Gasteiger partial charge in [0, 0.05) is 67.0 Å². The Balaban J connectivity index is 1.29. The fourth-order valence-electron chi connectivity index (χ4n) is 9.34. The van der Waals surface area contributed by atoms with Crippen molar-refractivity contribution in [2.45, 2.75) is 5.66 Å². The molecule has 55 heavy (non-hydrogen) atoms. The van der Waals surface area contributed by atoms with Crippen LogP contribution in [0.2, 0.25) is 0 Å². The van der Waals surface area contributed by atoms with Crippen molar-refractivity contribution in [3.8, 4) is 0 Å². The molecule has 0 radical (unpaired) electrons. The highest BCUT2D eigenvalue weighted by Crippen LogP contribution is 2.64. The number of para-hydroxylation sites is 2. The Labute approximate surface area is 316 Å². The highest BCUT2D eigenvalue weighted by molar-refractivity contribution is 6.24. The lowest BCUT2D eigenvalue weighted by Crippen LogP contribution is -2.51. The number of anilines is 4. The molecule has 0 fully saturated rings. The molecule has 2 aromatic heterocycles. The van der Waals surface area contributed by atoms with Gasteiger partial charge in [0.1, 0.15) is 22.3 Å². The summed E-state index contributed by atoms with van der Waals surface area (Å²) in [6.45, 7) is 0. The van der Waals surface area contributed by atoms with Crippen LogP contribution in [0.25, 0.3) is 65.4 Å². The van der Waals surface area contributed by atoms with E-state index in [1.54, 1.807) is 0 Å². The molecule has 0 aliphatic carbocycles. The molecule has 0 saturated heterocycles. The maximum atomic E-state index is 6.61. The molecule has 4 nitrogen and oxygen atoms in total. The zero-order chi connectivity index (χ0) is 36.1. The summed E-state index contributed by atoms with van der Waals surface area (Å²) < 4.78 is 13.2. The number of hydrogen-bond acceptors (Lipinski definition) is 4. The zero-order valence-electron chi connectivity index (χ0n) is 29.7. The van der Waals surface area contributed by atoms with Gasteiger partial charge >= 0.3 is 0 Å². The first kappa shape index (κ1) is 30.2. The third-order valence-electron chi connectivity index (χ3n) is 11.6. The van der Waals surface area contributed by atoms with Gasteiger partial charge in [0.05, 0.1) is 11.4 Å². The zero-order valence-corrected chi connectivity index (χ0v) is 29.7. The minimum Gasteiger partial charge on any atom is -0.456 e. The molecule has 0 spiro atoms. The van der Waals surface area contributed by atoms with Crippen molar-refractivity contribution in [1.29, 1.82) is 0 Å². The van der Waals surface area contributed by atoms with E-state index in [9.17, 15) is 0 Å². The van der Waals surface area contributed by atoms with E-state index in [0.29, 0.717) is 0 Å². The van der Waals surface area contributed by atoms with E-state index in [4.69, 9.17) is 8.83 Å². The van der Waals surface area contributed by atoms with Crippen LogP contribution >= 0.6 is 0 Å². The first-order valence-corrected chi connectivity index (χ1v) is 18.8. The van der Waals surface area contributed by atoms with Gasteiger partial charge in [-0.05, 0) is 47.2 Å². The minimum absolute atomic E-state index is 0.850. The monoisotopic (exact) mass is 704 g/mol. The van der Waals surface area contributed by atoms with Gasteiger partial charge in [0.25, 0.3) is 0 Å². The average molecular weight is 705 g/mol. The van der Waals surface area contributed by atoms with Gasteiger partial charge in [0.2, 0.25) is 0 Å². The molecule has 258 valence electrons. The highest BCUT2D eigenvalue weighted by Gasteiger charge is 2.55. The molecule has 3 heterocycles. The summed E-state index contributed by atoms with van der Waals surface area (Å²) in [5.41, 5.74) is 9.10. The molecule has 4 heteroatoms. The Morgan fingerprint density at radius 1 is 0.291 bits per heavy atom. The fraction of sp³-hybridized carbons (Fsp3) is 0.0196. The van der Waals surface area contributed by atoms with Crippen LogP contribution in [0, 0.1) is 0 Å². The molecule has 9 aromatic carbocycles. The lowest BCUT2D eigenvalue weighted by Gasteiger charge is -2.47. The van der Waals surface area contributed by atoms with Crippen molar-refractivity contribution in [2.24, 2.45) is 0 Å². The van der Waals surface area contributed by atoms with Gasteiger partial charge in [0.15, 0.2) is 5.66 Å². The van der Waals surface area contributed by atoms with Gasteiger partial charge in [-0.25, -0.2) is 0 Å². The predicted octanol–water partition coefficient (Wildman–Crippen LogP) is 14.0. The van der Waals surface area contributed by atoms with Crippen molar-refractivity contribution < 1.29 is 8.83 Å². The number of hydrogen-bond donors (Lipinski definition) is 0. The molecule has 12 rings (SSSR count). The van der Waals surface area contributed by atoms with Crippen LogP contribution < -0.4 is 9.80 Å². The number of benzene rings is 9. The molecule has 0 unspecified atom stereocenters. The molecule has 1 aliphatic heterocycles. The fourth-order valence-corrected chi connectivity index (χ4v) is 9.34. The normalized spacial score (nSPS) is 13.9. The van der Waals surface area contributed by atoms with Crippen LogP contribution in [0.4, 0.5) is 22.7 Å². The maximum absolute atomic E-state index is 6.61. The average Bonchev–Trinajstić information content (AvgIpc) is 3.92. The van der Waals surface area contributed by atoms with Crippen LogP contribution in [0.5, 0.6) is 0 Å². The van der Waals surface area contributed by atoms with Crippen molar-refractivity contribution in [1.82, 2.24) is 0 Å². The molecule has 11 aromatic rings. The van der Waals surface area contributed by atoms with Gasteiger partial charge in [-0.15, -0.1) is 0 Å². The van der Waals surface area contributed by atoms with Gasteiger partial charge < -0.3 is 18.6 Å². The molecule has 0 atom stereocenters. The molecular weight excluding hydrogens is 673 g/mol. The SMILES string of the molecule is c1ccc(C2(c3ccccc3)N(c3ccc4c(c3)oc3ccccc34)c3c(c4ccccc4c4ccccc34)N2c2ccc3c(c2)oc2ccccc23)cc1. The number of nitrogens with zero attached hydrogens (tertiary/aromatic N) is 2. The molecule has 0 amide bonds. The standard InChI is InChI=1S/C51H32N2O2/c1-3-15-33(16-4-1)51(34-17-5-2-6-18-34)52(35-27-29-41-39-21-11-13-25-45(39)54-47(41)31-35)49-43-23-9-7-19-37(43)38-20-8-10-24-44(38)50(49)53(51)36-28-30-42-40-22-12-14-26-46(40)55-48(42)32-36/h1-32H. The molecule has 0 bridgehead atoms. The van der Waals surface area contributed by atoms with E-state index in [1.165, 1.54) is 21.5 Å². The topological polar surface area (TPSA) is 32.8 Å². The predicted molar refractivity (Wildman–Crippen MR) is 227 cm³/mol. The largest absolute Gasteiger partial charge is 0.456 e. The second-order valence-corrected chi connectivity index (χ2v) is 14.4. The minimum atomic E-state index is -0.906. The van der Waals surface area contributed by atoms with Crippen molar-refractivity contribution >= 4 is 88.2 Å². The maximum Gasteiger partial charge on any atom is 0.175 e. The van der Waals surface area contributed by atoms with Gasteiger partial charge in [-0.3, -0.25) is 0 Å². The van der Waals surface area contributed by atoms with Crippen molar-refractivity contribution in [3.63, 3.8) is 0 Å². The van der Waals surface area contributed by atoms with Crippen LogP contribution in [0.1, 0.15) is 11.1 Å². The Hall–Kier alpha value is -7.30. The lowest BCUT2D eigenvalue weighted by atomic mass is 9.87. The van der Waals surface area contributed by atoms with Crippen LogP contribution in [-0.4, -0.2) is 0 Å². The van der Waals surface area contributed by atoms with Gasteiger partial charge in [-0.1, -0.05) is 146 Å². The molecule has 1 aliphatic rings. The smallest absolute Gasteiger partial charge is 0.175 e. The molecular formula is C51H32N2O2. The van der Waals surface area contributed by atoms with Crippen LogP contribution in [0.3, 0.4) is 0 Å². The number of fused-ring (bicyclic) bond motifs is 12. The van der Waals surface area contributed by atoms with Crippen LogP contribution in [-0.2, 0) is 5.66 Å². The Morgan fingerprint density at radius 2 is 0.636 bits per heavy atom. The van der Waals surface area contributed by atoms with Crippen molar-refractivity contribution in [3.05, 3.63) is 205 Å². The summed E-state index contributed by atoms with van der Waals surface area (Å²) in [5, 5.41) is 9.17.